The number of hydrogen-bond donors (Lipinski definition) is 3. The Bertz CT molecular complexity index is 845. The molecule has 2 aromatic rings. The number of hydrogen-bond acceptors (Lipinski definition) is 4. The molecule has 1 unspecified atom stereocenters. The van der Waals surface area contributed by atoms with Gasteiger partial charge in [-0.2, -0.15) is 0 Å². The SMILES string of the molecule is CCNC(=O)c1cccc(CN=C(NCC)NCC(C)Oc2cccc(OC)c2)c1.I. The summed E-state index contributed by atoms with van der Waals surface area (Å²) in [5.41, 5.74) is 1.61. The van der Waals surface area contributed by atoms with Crippen LogP contribution >= 0.6 is 24.0 Å². The molecule has 2 rings (SSSR count). The highest BCUT2D eigenvalue weighted by Crippen LogP contribution is 2.19. The maximum absolute atomic E-state index is 12.0. The van der Waals surface area contributed by atoms with Gasteiger partial charge in [0.05, 0.1) is 20.2 Å². The first-order valence-electron chi connectivity index (χ1n) is 10.3. The van der Waals surface area contributed by atoms with Crippen LogP contribution in [0.5, 0.6) is 11.5 Å². The fraction of sp³-hybridized carbons (Fsp3) is 0.391. The molecule has 0 radical (unpaired) electrons. The van der Waals surface area contributed by atoms with Crippen molar-refractivity contribution in [1.82, 2.24) is 16.0 Å². The molecule has 3 N–H and O–H groups in total. The van der Waals surface area contributed by atoms with E-state index in [1.807, 2.05) is 63.2 Å². The van der Waals surface area contributed by atoms with E-state index in [4.69, 9.17) is 9.47 Å². The monoisotopic (exact) mass is 540 g/mol. The van der Waals surface area contributed by atoms with Crippen LogP contribution < -0.4 is 25.4 Å². The highest BCUT2D eigenvalue weighted by atomic mass is 127. The minimum absolute atomic E-state index is 0. The molecule has 0 aliphatic rings. The lowest BCUT2D eigenvalue weighted by Crippen LogP contribution is -2.41. The summed E-state index contributed by atoms with van der Waals surface area (Å²) in [4.78, 5) is 16.6. The van der Waals surface area contributed by atoms with Crippen LogP contribution in [0.25, 0.3) is 0 Å². The van der Waals surface area contributed by atoms with Gasteiger partial charge in [0, 0.05) is 24.7 Å². The third kappa shape index (κ3) is 9.46. The van der Waals surface area contributed by atoms with Gasteiger partial charge in [-0.15, -0.1) is 24.0 Å². The van der Waals surface area contributed by atoms with Gasteiger partial charge in [-0.25, -0.2) is 4.99 Å². The van der Waals surface area contributed by atoms with Crippen LogP contribution in [0.3, 0.4) is 0 Å². The minimum atomic E-state index is -0.0723. The number of halogens is 1. The Morgan fingerprint density at radius 2 is 1.71 bits per heavy atom. The van der Waals surface area contributed by atoms with E-state index in [0.717, 1.165) is 23.6 Å². The van der Waals surface area contributed by atoms with Crippen LogP contribution in [0.2, 0.25) is 0 Å². The maximum Gasteiger partial charge on any atom is 0.251 e. The van der Waals surface area contributed by atoms with E-state index in [1.165, 1.54) is 0 Å². The molecule has 0 aromatic heterocycles. The molecule has 170 valence electrons. The van der Waals surface area contributed by atoms with Gasteiger partial charge in [0.15, 0.2) is 5.96 Å². The molecule has 0 aliphatic carbocycles. The highest BCUT2D eigenvalue weighted by Gasteiger charge is 2.08. The van der Waals surface area contributed by atoms with Crippen LogP contribution in [0.4, 0.5) is 0 Å². The Morgan fingerprint density at radius 3 is 2.42 bits per heavy atom. The molecular weight excluding hydrogens is 507 g/mol. The topological polar surface area (TPSA) is 84.0 Å². The van der Waals surface area contributed by atoms with Crippen LogP contribution in [0.1, 0.15) is 36.7 Å². The predicted molar refractivity (Wildman–Crippen MR) is 136 cm³/mol. The molecule has 0 bridgehead atoms. The summed E-state index contributed by atoms with van der Waals surface area (Å²) in [6, 6.07) is 15.1. The number of ether oxygens (including phenoxy) is 2. The van der Waals surface area contributed by atoms with Crippen molar-refractivity contribution in [3.05, 3.63) is 59.7 Å². The number of carbonyl (C=O) groups is 1. The first-order valence-corrected chi connectivity index (χ1v) is 10.3. The summed E-state index contributed by atoms with van der Waals surface area (Å²) < 4.78 is 11.2. The number of methoxy groups -OCH3 is 1. The lowest BCUT2D eigenvalue weighted by atomic mass is 10.1. The van der Waals surface area contributed by atoms with Gasteiger partial charge in [0.2, 0.25) is 0 Å². The van der Waals surface area contributed by atoms with E-state index in [-0.39, 0.29) is 36.0 Å². The third-order valence-electron chi connectivity index (χ3n) is 4.23. The lowest BCUT2D eigenvalue weighted by molar-refractivity contribution is 0.0955. The molecule has 0 saturated carbocycles. The number of amides is 1. The Balaban J connectivity index is 0.00000480. The van der Waals surface area contributed by atoms with Gasteiger partial charge in [0.1, 0.15) is 17.6 Å². The van der Waals surface area contributed by atoms with Crippen molar-refractivity contribution in [2.45, 2.75) is 33.4 Å². The van der Waals surface area contributed by atoms with Crippen molar-refractivity contribution in [3.8, 4) is 11.5 Å². The molecule has 31 heavy (non-hydrogen) atoms. The summed E-state index contributed by atoms with van der Waals surface area (Å²) in [6.07, 6.45) is -0.0676. The summed E-state index contributed by atoms with van der Waals surface area (Å²) in [5, 5.41) is 9.35. The molecule has 2 aromatic carbocycles. The van der Waals surface area contributed by atoms with Gasteiger partial charge >= 0.3 is 0 Å². The van der Waals surface area contributed by atoms with E-state index in [0.29, 0.717) is 31.2 Å². The minimum Gasteiger partial charge on any atom is -0.497 e. The summed E-state index contributed by atoms with van der Waals surface area (Å²) in [7, 11) is 1.63. The van der Waals surface area contributed by atoms with E-state index in [2.05, 4.69) is 20.9 Å². The third-order valence-corrected chi connectivity index (χ3v) is 4.23. The van der Waals surface area contributed by atoms with Crippen molar-refractivity contribution in [2.24, 2.45) is 4.99 Å². The van der Waals surface area contributed by atoms with Crippen molar-refractivity contribution in [3.63, 3.8) is 0 Å². The molecule has 0 saturated heterocycles. The number of aliphatic imine (C=N–C) groups is 1. The zero-order chi connectivity index (χ0) is 21.8. The molecular formula is C23H33IN4O3. The van der Waals surface area contributed by atoms with Crippen LogP contribution in [-0.4, -0.2) is 44.7 Å². The zero-order valence-electron chi connectivity index (χ0n) is 18.6. The van der Waals surface area contributed by atoms with Crippen molar-refractivity contribution in [1.29, 1.82) is 0 Å². The molecule has 0 heterocycles. The summed E-state index contributed by atoms with van der Waals surface area (Å²) in [5.74, 6) is 2.14. The van der Waals surface area contributed by atoms with Crippen LogP contribution in [0, 0.1) is 0 Å². The predicted octanol–water partition coefficient (Wildman–Crippen LogP) is 3.59. The van der Waals surface area contributed by atoms with Gasteiger partial charge in [-0.3, -0.25) is 4.79 Å². The smallest absolute Gasteiger partial charge is 0.251 e. The van der Waals surface area contributed by atoms with Gasteiger partial charge in [0.25, 0.3) is 5.91 Å². The quantitative estimate of drug-likeness (QED) is 0.244. The maximum atomic E-state index is 12.0. The number of nitrogens with one attached hydrogen (secondary N) is 3. The van der Waals surface area contributed by atoms with E-state index < -0.39 is 0 Å². The molecule has 1 amide bonds. The Labute approximate surface area is 202 Å². The lowest BCUT2D eigenvalue weighted by Gasteiger charge is -2.18. The molecule has 8 heteroatoms. The van der Waals surface area contributed by atoms with Gasteiger partial charge in [-0.1, -0.05) is 18.2 Å². The first kappa shape index (κ1) is 26.5. The average molecular weight is 540 g/mol. The largest absolute Gasteiger partial charge is 0.497 e. The summed E-state index contributed by atoms with van der Waals surface area (Å²) in [6.45, 7) is 8.31. The highest BCUT2D eigenvalue weighted by molar-refractivity contribution is 14.0. The van der Waals surface area contributed by atoms with E-state index >= 15 is 0 Å². The van der Waals surface area contributed by atoms with Crippen molar-refractivity contribution in [2.75, 3.05) is 26.7 Å². The number of carbonyl (C=O) groups excluding carboxylic acids is 1. The second kappa shape index (κ2) is 14.5. The zero-order valence-corrected chi connectivity index (χ0v) is 20.9. The fourth-order valence-corrected chi connectivity index (χ4v) is 2.77. The molecule has 7 nitrogen and oxygen atoms in total. The number of guanidine groups is 1. The van der Waals surface area contributed by atoms with Crippen molar-refractivity contribution < 1.29 is 14.3 Å². The Kier molecular flexibility index (Phi) is 12.4. The van der Waals surface area contributed by atoms with Gasteiger partial charge in [-0.05, 0) is 50.6 Å². The van der Waals surface area contributed by atoms with Crippen LogP contribution in [0.15, 0.2) is 53.5 Å². The Morgan fingerprint density at radius 1 is 1.00 bits per heavy atom. The normalized spacial score (nSPS) is 11.7. The number of benzene rings is 2. The van der Waals surface area contributed by atoms with Crippen LogP contribution in [-0.2, 0) is 6.54 Å². The number of rotatable bonds is 10. The second-order valence-corrected chi connectivity index (χ2v) is 6.74. The molecule has 0 spiro atoms. The van der Waals surface area contributed by atoms with Crippen molar-refractivity contribution >= 4 is 35.8 Å². The fourth-order valence-electron chi connectivity index (χ4n) is 2.77. The first-order chi connectivity index (χ1) is 14.5. The van der Waals surface area contributed by atoms with Gasteiger partial charge < -0.3 is 25.4 Å². The molecule has 0 aliphatic heterocycles. The number of nitrogens with zero attached hydrogens (tertiary/aromatic N) is 1. The summed E-state index contributed by atoms with van der Waals surface area (Å²) >= 11 is 0. The average Bonchev–Trinajstić information content (AvgIpc) is 2.76. The molecule has 1 atom stereocenters. The van der Waals surface area contributed by atoms with E-state index in [9.17, 15) is 4.79 Å². The molecule has 0 fully saturated rings. The van der Waals surface area contributed by atoms with E-state index in [1.54, 1.807) is 13.2 Å². The standard InChI is InChI=1S/C23H32N4O3.HI/c1-5-24-22(28)19-10-7-9-18(13-19)16-27-23(25-6-2)26-15-17(3)30-21-12-8-11-20(14-21)29-4;/h7-14,17H,5-6,15-16H2,1-4H3,(H,24,28)(H2,25,26,27);1H. The Hall–Kier alpha value is -2.49. The second-order valence-electron chi connectivity index (χ2n) is 6.74.